The van der Waals surface area contributed by atoms with Gasteiger partial charge in [0.05, 0.1) is 30.2 Å². The van der Waals surface area contributed by atoms with Gasteiger partial charge in [-0.25, -0.2) is 15.4 Å². The molecule has 0 aliphatic heterocycles. The van der Waals surface area contributed by atoms with Crippen molar-refractivity contribution in [2.75, 3.05) is 12.6 Å². The number of aliphatic hydroxyl groups excluding tert-OH is 2. The Labute approximate surface area is 210 Å². The third-order valence-corrected chi connectivity index (χ3v) is 7.96. The van der Waals surface area contributed by atoms with Crippen LogP contribution in [0, 0.1) is 11.8 Å². The highest BCUT2D eigenvalue weighted by atomic mass is 16.6. The third kappa shape index (κ3) is 4.56. The Balaban J connectivity index is 1.15. The molecule has 36 heavy (non-hydrogen) atoms. The van der Waals surface area contributed by atoms with Crippen molar-refractivity contribution in [3.05, 3.63) is 60.2 Å². The van der Waals surface area contributed by atoms with Crippen LogP contribution < -0.4 is 5.48 Å². The molecule has 3 N–H and O–H groups in total. The van der Waals surface area contributed by atoms with Crippen molar-refractivity contribution in [2.45, 2.75) is 63.2 Å². The highest BCUT2D eigenvalue weighted by Crippen LogP contribution is 2.40. The van der Waals surface area contributed by atoms with Crippen LogP contribution in [0.3, 0.4) is 0 Å². The Kier molecular flexibility index (Phi) is 6.33. The van der Waals surface area contributed by atoms with Crippen molar-refractivity contribution in [3.63, 3.8) is 0 Å². The van der Waals surface area contributed by atoms with Crippen LogP contribution in [-0.4, -0.2) is 49.0 Å². The smallest absolute Gasteiger partial charge is 0.162 e. The first-order chi connectivity index (χ1) is 17.6. The molecule has 0 spiro atoms. The zero-order chi connectivity index (χ0) is 24.6. The van der Waals surface area contributed by atoms with Gasteiger partial charge in [0.2, 0.25) is 0 Å². The molecule has 6 rings (SSSR count). The number of benzene rings is 1. The highest BCUT2D eigenvalue weighted by Gasteiger charge is 2.42. The van der Waals surface area contributed by atoms with Gasteiger partial charge >= 0.3 is 0 Å². The third-order valence-electron chi connectivity index (χ3n) is 7.96. The van der Waals surface area contributed by atoms with E-state index in [-0.39, 0.29) is 12.0 Å². The van der Waals surface area contributed by atoms with Crippen molar-refractivity contribution >= 4 is 27.8 Å². The van der Waals surface area contributed by atoms with Crippen LogP contribution in [0.1, 0.15) is 49.4 Å². The average Bonchev–Trinajstić information content (AvgIpc) is 3.57. The van der Waals surface area contributed by atoms with Gasteiger partial charge in [-0.15, -0.1) is 0 Å². The van der Waals surface area contributed by atoms with Crippen LogP contribution >= 0.6 is 0 Å². The van der Waals surface area contributed by atoms with Crippen LogP contribution in [0.15, 0.2) is 48.9 Å². The monoisotopic (exact) mass is 487 g/mol. The molecule has 3 heterocycles. The normalized spacial score (nSPS) is 24.1. The number of aromatic nitrogens is 4. The quantitative estimate of drug-likeness (QED) is 0.304. The molecule has 2 aliphatic carbocycles. The van der Waals surface area contributed by atoms with E-state index in [2.05, 4.69) is 45.8 Å². The second-order valence-electron chi connectivity index (χ2n) is 10.4. The predicted octanol–water partition coefficient (Wildman–Crippen LogP) is 4.21. The summed E-state index contributed by atoms with van der Waals surface area (Å²) < 4.78 is 1.95. The van der Waals surface area contributed by atoms with Gasteiger partial charge in [-0.05, 0) is 67.7 Å². The van der Waals surface area contributed by atoms with E-state index in [1.807, 2.05) is 16.8 Å². The first-order valence-electron chi connectivity index (χ1n) is 13.0. The standard InChI is InChI=1S/C28H33N5O3/c1-36-32-27-22-12-13-33(28(22)30-16-29-27)24-15-20(25(34)26(24)35)8-5-18-4-7-19-9-11-21(31-23(19)14-18)10-6-17-2-3-17/h4,7,9,11-14,16-17,20,24-26,34-35H,2-3,5-6,8,10,15H2,1H3,(H,29,30,32)/t20-,24+,25+,26-/m0/s1. The summed E-state index contributed by atoms with van der Waals surface area (Å²) in [6.07, 6.45) is 9.11. The number of pyridine rings is 1. The van der Waals surface area contributed by atoms with Gasteiger partial charge in [-0.1, -0.05) is 31.0 Å². The Morgan fingerprint density at radius 2 is 1.89 bits per heavy atom. The first-order valence-corrected chi connectivity index (χ1v) is 13.0. The lowest BCUT2D eigenvalue weighted by molar-refractivity contribution is 0.00545. The van der Waals surface area contributed by atoms with E-state index < -0.39 is 12.2 Å². The molecule has 0 amide bonds. The van der Waals surface area contributed by atoms with E-state index in [4.69, 9.17) is 9.82 Å². The molecule has 0 unspecified atom stereocenters. The number of hydrogen-bond acceptors (Lipinski definition) is 7. The molecule has 0 radical (unpaired) electrons. The van der Waals surface area contributed by atoms with Crippen molar-refractivity contribution in [1.29, 1.82) is 0 Å². The first kappa shape index (κ1) is 23.3. The number of aryl methyl sites for hydroxylation is 2. The van der Waals surface area contributed by atoms with Gasteiger partial charge in [-0.3, -0.25) is 9.82 Å². The number of rotatable bonds is 9. The number of aliphatic hydroxyl groups is 2. The molecule has 188 valence electrons. The fourth-order valence-electron chi connectivity index (χ4n) is 5.69. The van der Waals surface area contributed by atoms with E-state index >= 15 is 0 Å². The molecule has 4 atom stereocenters. The second kappa shape index (κ2) is 9.76. The van der Waals surface area contributed by atoms with Crippen LogP contribution in [0.4, 0.5) is 5.82 Å². The van der Waals surface area contributed by atoms with Gasteiger partial charge in [0, 0.05) is 17.3 Å². The number of hydrogen-bond donors (Lipinski definition) is 3. The molecule has 0 bridgehead atoms. The number of anilines is 1. The molecular formula is C28H33N5O3. The van der Waals surface area contributed by atoms with Crippen molar-refractivity contribution in [3.8, 4) is 0 Å². The summed E-state index contributed by atoms with van der Waals surface area (Å²) in [4.78, 5) is 18.6. The predicted molar refractivity (Wildman–Crippen MR) is 138 cm³/mol. The van der Waals surface area contributed by atoms with Gasteiger partial charge in [0.15, 0.2) is 5.82 Å². The lowest BCUT2D eigenvalue weighted by atomic mass is 9.95. The number of fused-ring (bicyclic) bond motifs is 2. The van der Waals surface area contributed by atoms with Crippen LogP contribution in [-0.2, 0) is 17.7 Å². The largest absolute Gasteiger partial charge is 0.390 e. The second-order valence-corrected chi connectivity index (χ2v) is 10.4. The molecule has 8 nitrogen and oxygen atoms in total. The molecule has 0 saturated heterocycles. The van der Waals surface area contributed by atoms with Crippen molar-refractivity contribution < 1.29 is 15.1 Å². The summed E-state index contributed by atoms with van der Waals surface area (Å²) in [7, 11) is 1.53. The molecule has 1 aromatic carbocycles. The summed E-state index contributed by atoms with van der Waals surface area (Å²) in [6.45, 7) is 0. The molecule has 2 saturated carbocycles. The SMILES string of the molecule is CONc1ncnc2c1ccn2[C@@H]1C[C@H](CCc2ccc3ccc(CCC4CC4)nc3c2)[C@@H](O)[C@H]1O. The summed E-state index contributed by atoms with van der Waals surface area (Å²) >= 11 is 0. The lowest BCUT2D eigenvalue weighted by Gasteiger charge is -2.19. The van der Waals surface area contributed by atoms with E-state index in [9.17, 15) is 10.2 Å². The molecular weight excluding hydrogens is 454 g/mol. The zero-order valence-electron chi connectivity index (χ0n) is 20.5. The topological polar surface area (TPSA) is 105 Å². The maximum absolute atomic E-state index is 10.9. The van der Waals surface area contributed by atoms with Crippen LogP contribution in [0.25, 0.3) is 21.9 Å². The highest BCUT2D eigenvalue weighted by molar-refractivity contribution is 5.87. The molecule has 4 aromatic rings. The minimum absolute atomic E-state index is 0.00519. The minimum Gasteiger partial charge on any atom is -0.390 e. The van der Waals surface area contributed by atoms with Crippen LogP contribution in [0.5, 0.6) is 0 Å². The molecule has 8 heteroatoms. The Hall–Kier alpha value is -3.07. The van der Waals surface area contributed by atoms with Gasteiger partial charge in [0.25, 0.3) is 0 Å². The summed E-state index contributed by atoms with van der Waals surface area (Å²) in [5.41, 5.74) is 6.92. The maximum Gasteiger partial charge on any atom is 0.162 e. The Bertz CT molecular complexity index is 1370. The van der Waals surface area contributed by atoms with Gasteiger partial charge in [-0.2, -0.15) is 0 Å². The summed E-state index contributed by atoms with van der Waals surface area (Å²) in [5.74, 6) is 1.48. The van der Waals surface area contributed by atoms with E-state index in [1.54, 1.807) is 0 Å². The molecule has 2 fully saturated rings. The van der Waals surface area contributed by atoms with Crippen molar-refractivity contribution in [2.24, 2.45) is 11.8 Å². The van der Waals surface area contributed by atoms with E-state index in [0.29, 0.717) is 17.9 Å². The summed E-state index contributed by atoms with van der Waals surface area (Å²) in [5, 5.41) is 23.8. The molecule has 2 aliphatic rings. The number of nitrogens with zero attached hydrogens (tertiary/aromatic N) is 4. The lowest BCUT2D eigenvalue weighted by Crippen LogP contribution is -2.29. The fourth-order valence-corrected chi connectivity index (χ4v) is 5.69. The van der Waals surface area contributed by atoms with Crippen molar-refractivity contribution in [1.82, 2.24) is 19.5 Å². The fraction of sp³-hybridized carbons (Fsp3) is 0.464. The summed E-state index contributed by atoms with van der Waals surface area (Å²) in [6, 6.07) is 12.5. The average molecular weight is 488 g/mol. The Morgan fingerprint density at radius 3 is 2.72 bits per heavy atom. The van der Waals surface area contributed by atoms with E-state index in [1.165, 1.54) is 44.0 Å². The maximum atomic E-state index is 10.9. The van der Waals surface area contributed by atoms with Gasteiger partial charge in [0.1, 0.15) is 18.1 Å². The van der Waals surface area contributed by atoms with E-state index in [0.717, 1.165) is 41.5 Å². The molecule has 3 aromatic heterocycles. The van der Waals surface area contributed by atoms with Gasteiger partial charge < -0.3 is 14.8 Å². The zero-order valence-corrected chi connectivity index (χ0v) is 20.5. The minimum atomic E-state index is -0.855. The van der Waals surface area contributed by atoms with Crippen LogP contribution in [0.2, 0.25) is 0 Å². The Morgan fingerprint density at radius 1 is 1.03 bits per heavy atom. The number of nitrogens with one attached hydrogen (secondary N) is 1.